The van der Waals surface area contributed by atoms with Crippen molar-refractivity contribution in [1.82, 2.24) is 0 Å². The molecular weight excluding hydrogens is 231 g/mol. The molecule has 0 spiro atoms. The standard InChI is InChI=1S/C14H17FN2O/c1-3-12-9-18-10(2)8-17(12)13-5-4-11(7-16)14(15)6-13/h4-6,10,12H,3,8-9H2,1-2H3. The molecule has 1 aliphatic heterocycles. The van der Waals surface area contributed by atoms with Crippen LogP contribution in [0.25, 0.3) is 0 Å². The van der Waals surface area contributed by atoms with E-state index in [1.807, 2.05) is 19.1 Å². The van der Waals surface area contributed by atoms with E-state index < -0.39 is 5.82 Å². The van der Waals surface area contributed by atoms with Crippen LogP contribution in [0.1, 0.15) is 25.8 Å². The molecule has 3 nitrogen and oxygen atoms in total. The van der Waals surface area contributed by atoms with E-state index in [9.17, 15) is 4.39 Å². The fourth-order valence-electron chi connectivity index (χ4n) is 2.27. The molecule has 1 aromatic carbocycles. The number of rotatable bonds is 2. The van der Waals surface area contributed by atoms with Gasteiger partial charge in [0.1, 0.15) is 11.9 Å². The van der Waals surface area contributed by atoms with Gasteiger partial charge < -0.3 is 9.64 Å². The van der Waals surface area contributed by atoms with E-state index in [0.29, 0.717) is 6.61 Å². The van der Waals surface area contributed by atoms with Crippen LogP contribution in [-0.4, -0.2) is 25.3 Å². The van der Waals surface area contributed by atoms with Gasteiger partial charge in [-0.05, 0) is 31.5 Å². The van der Waals surface area contributed by atoms with E-state index in [1.54, 1.807) is 0 Å². The number of morpholine rings is 1. The number of ether oxygens (including phenoxy) is 1. The largest absolute Gasteiger partial charge is 0.375 e. The van der Waals surface area contributed by atoms with Gasteiger partial charge in [0.05, 0.1) is 24.3 Å². The maximum absolute atomic E-state index is 13.7. The summed E-state index contributed by atoms with van der Waals surface area (Å²) in [6, 6.07) is 6.90. The second kappa shape index (κ2) is 5.36. The SMILES string of the molecule is CCC1COC(C)CN1c1ccc(C#N)c(F)c1. The minimum absolute atomic E-state index is 0.0908. The van der Waals surface area contributed by atoms with Gasteiger partial charge >= 0.3 is 0 Å². The van der Waals surface area contributed by atoms with Crippen LogP contribution >= 0.6 is 0 Å². The van der Waals surface area contributed by atoms with Crippen molar-refractivity contribution in [3.05, 3.63) is 29.6 Å². The van der Waals surface area contributed by atoms with Crippen molar-refractivity contribution in [2.45, 2.75) is 32.4 Å². The molecule has 0 aliphatic carbocycles. The highest BCUT2D eigenvalue weighted by Crippen LogP contribution is 2.25. The van der Waals surface area contributed by atoms with E-state index in [-0.39, 0.29) is 17.7 Å². The van der Waals surface area contributed by atoms with Crippen LogP contribution in [0.2, 0.25) is 0 Å². The van der Waals surface area contributed by atoms with Crippen LogP contribution in [0.4, 0.5) is 10.1 Å². The average molecular weight is 248 g/mol. The van der Waals surface area contributed by atoms with Crippen LogP contribution in [0, 0.1) is 17.1 Å². The summed E-state index contributed by atoms with van der Waals surface area (Å²) in [6.07, 6.45) is 1.10. The van der Waals surface area contributed by atoms with E-state index in [4.69, 9.17) is 10.00 Å². The molecule has 1 aliphatic rings. The molecule has 0 radical (unpaired) electrons. The van der Waals surface area contributed by atoms with Crippen LogP contribution in [0.15, 0.2) is 18.2 Å². The molecule has 1 fully saturated rings. The van der Waals surface area contributed by atoms with Crippen molar-refractivity contribution in [3.63, 3.8) is 0 Å². The van der Waals surface area contributed by atoms with Crippen LogP contribution in [-0.2, 0) is 4.74 Å². The van der Waals surface area contributed by atoms with Crippen molar-refractivity contribution in [2.24, 2.45) is 0 Å². The number of nitrogens with zero attached hydrogens (tertiary/aromatic N) is 2. The fourth-order valence-corrected chi connectivity index (χ4v) is 2.27. The van der Waals surface area contributed by atoms with Gasteiger partial charge in [0.2, 0.25) is 0 Å². The van der Waals surface area contributed by atoms with Crippen LogP contribution < -0.4 is 4.90 Å². The Hall–Kier alpha value is -1.60. The molecule has 2 atom stereocenters. The van der Waals surface area contributed by atoms with Gasteiger partial charge in [-0.25, -0.2) is 4.39 Å². The van der Waals surface area contributed by atoms with Crippen LogP contribution in [0.3, 0.4) is 0 Å². The molecule has 0 N–H and O–H groups in total. The fraction of sp³-hybridized carbons (Fsp3) is 0.500. The third-order valence-electron chi connectivity index (χ3n) is 3.34. The van der Waals surface area contributed by atoms with Gasteiger partial charge in [-0.15, -0.1) is 0 Å². The number of anilines is 1. The minimum atomic E-state index is -0.455. The van der Waals surface area contributed by atoms with E-state index in [1.165, 1.54) is 12.1 Å². The van der Waals surface area contributed by atoms with E-state index >= 15 is 0 Å². The second-order valence-corrected chi connectivity index (χ2v) is 4.63. The van der Waals surface area contributed by atoms with Crippen molar-refractivity contribution >= 4 is 5.69 Å². The Morgan fingerprint density at radius 3 is 2.94 bits per heavy atom. The summed E-state index contributed by atoms with van der Waals surface area (Å²) in [7, 11) is 0. The van der Waals surface area contributed by atoms with Gasteiger partial charge in [0.15, 0.2) is 0 Å². The molecule has 2 unspecified atom stereocenters. The molecule has 0 aromatic heterocycles. The van der Waals surface area contributed by atoms with Gasteiger partial charge in [-0.1, -0.05) is 6.92 Å². The lowest BCUT2D eigenvalue weighted by Gasteiger charge is -2.40. The lowest BCUT2D eigenvalue weighted by Crippen LogP contribution is -2.48. The van der Waals surface area contributed by atoms with Crippen LogP contribution in [0.5, 0.6) is 0 Å². The normalized spacial score (nSPS) is 23.8. The van der Waals surface area contributed by atoms with Crippen molar-refractivity contribution < 1.29 is 9.13 Å². The first-order valence-electron chi connectivity index (χ1n) is 6.23. The first-order chi connectivity index (χ1) is 8.65. The maximum Gasteiger partial charge on any atom is 0.143 e. The summed E-state index contributed by atoms with van der Waals surface area (Å²) in [5, 5.41) is 8.74. The third-order valence-corrected chi connectivity index (χ3v) is 3.34. The van der Waals surface area contributed by atoms with Gasteiger partial charge in [0, 0.05) is 12.2 Å². The molecule has 1 heterocycles. The Kier molecular flexibility index (Phi) is 3.83. The van der Waals surface area contributed by atoms with Gasteiger partial charge in [-0.2, -0.15) is 5.26 Å². The Balaban J connectivity index is 2.28. The Labute approximate surface area is 107 Å². The number of benzene rings is 1. The van der Waals surface area contributed by atoms with Gasteiger partial charge in [0.25, 0.3) is 0 Å². The zero-order valence-electron chi connectivity index (χ0n) is 10.7. The van der Waals surface area contributed by atoms with E-state index in [2.05, 4.69) is 11.8 Å². The highest BCUT2D eigenvalue weighted by molar-refractivity contribution is 5.51. The molecular formula is C14H17FN2O. The predicted octanol–water partition coefficient (Wildman–Crippen LogP) is 2.70. The molecule has 0 saturated carbocycles. The average Bonchev–Trinajstić information content (AvgIpc) is 2.38. The summed E-state index contributed by atoms with van der Waals surface area (Å²) in [5.74, 6) is -0.455. The second-order valence-electron chi connectivity index (χ2n) is 4.63. The summed E-state index contributed by atoms with van der Waals surface area (Å²) in [4.78, 5) is 2.17. The van der Waals surface area contributed by atoms with E-state index in [0.717, 1.165) is 18.7 Å². The molecule has 1 saturated heterocycles. The molecule has 0 amide bonds. The zero-order valence-corrected chi connectivity index (χ0v) is 10.7. The quantitative estimate of drug-likeness (QED) is 0.807. The minimum Gasteiger partial charge on any atom is -0.375 e. The molecule has 1 aromatic rings. The lowest BCUT2D eigenvalue weighted by atomic mass is 10.1. The number of hydrogen-bond donors (Lipinski definition) is 0. The maximum atomic E-state index is 13.7. The number of hydrogen-bond acceptors (Lipinski definition) is 3. The summed E-state index contributed by atoms with van der Waals surface area (Å²) < 4.78 is 19.3. The molecule has 2 rings (SSSR count). The first-order valence-corrected chi connectivity index (χ1v) is 6.23. The molecule has 18 heavy (non-hydrogen) atoms. The zero-order chi connectivity index (χ0) is 13.1. The molecule has 96 valence electrons. The summed E-state index contributed by atoms with van der Waals surface area (Å²) >= 11 is 0. The summed E-state index contributed by atoms with van der Waals surface area (Å²) in [5.41, 5.74) is 0.918. The Bertz CT molecular complexity index is 469. The lowest BCUT2D eigenvalue weighted by molar-refractivity contribution is 0.0299. The van der Waals surface area contributed by atoms with Gasteiger partial charge in [-0.3, -0.25) is 0 Å². The van der Waals surface area contributed by atoms with Crippen molar-refractivity contribution in [2.75, 3.05) is 18.1 Å². The highest BCUT2D eigenvalue weighted by Gasteiger charge is 2.26. The molecule has 4 heteroatoms. The molecule has 0 bridgehead atoms. The number of nitriles is 1. The van der Waals surface area contributed by atoms with Crippen molar-refractivity contribution in [1.29, 1.82) is 5.26 Å². The third kappa shape index (κ3) is 2.46. The van der Waals surface area contributed by atoms with Crippen molar-refractivity contribution in [3.8, 4) is 6.07 Å². The topological polar surface area (TPSA) is 36.3 Å². The number of halogens is 1. The first kappa shape index (κ1) is 12.8. The monoisotopic (exact) mass is 248 g/mol. The smallest absolute Gasteiger partial charge is 0.143 e. The predicted molar refractivity (Wildman–Crippen MR) is 68.0 cm³/mol. The Morgan fingerprint density at radius 1 is 1.56 bits per heavy atom. The highest BCUT2D eigenvalue weighted by atomic mass is 19.1. The Morgan fingerprint density at radius 2 is 2.33 bits per heavy atom. The summed E-state index contributed by atoms with van der Waals surface area (Å²) in [6.45, 7) is 5.53.